The van der Waals surface area contributed by atoms with Crippen molar-refractivity contribution in [1.29, 1.82) is 0 Å². The van der Waals surface area contributed by atoms with E-state index in [1.165, 1.54) is 29.5 Å². The lowest BCUT2D eigenvalue weighted by atomic mass is 9.79. The Hall–Kier alpha value is -2.21. The molecule has 0 aliphatic heterocycles. The third kappa shape index (κ3) is 6.23. The SMILES string of the molecule is CCc1cc(C)cc(CC)c1C1=C(O)CC(CCCSc2ccc(C(F)(F)F)cc2)CC1=O. The van der Waals surface area contributed by atoms with Gasteiger partial charge in [-0.15, -0.1) is 11.8 Å². The van der Waals surface area contributed by atoms with E-state index >= 15 is 0 Å². The number of benzene rings is 2. The maximum atomic E-state index is 13.1. The molecule has 2 aromatic carbocycles. The summed E-state index contributed by atoms with van der Waals surface area (Å²) in [5.74, 6) is 1.05. The molecular formula is C27H31F3O2S. The Morgan fingerprint density at radius 3 is 2.15 bits per heavy atom. The first-order chi connectivity index (χ1) is 15.6. The first-order valence-corrected chi connectivity index (χ1v) is 12.5. The Balaban J connectivity index is 1.62. The van der Waals surface area contributed by atoms with Crippen LogP contribution in [0.5, 0.6) is 0 Å². The molecule has 0 bridgehead atoms. The second kappa shape index (κ2) is 10.8. The average Bonchev–Trinajstić information content (AvgIpc) is 2.76. The molecule has 0 saturated carbocycles. The number of hydrogen-bond acceptors (Lipinski definition) is 3. The summed E-state index contributed by atoms with van der Waals surface area (Å²) in [5.41, 5.74) is 4.15. The number of allylic oxidation sites excluding steroid dienone is 2. The number of carbonyl (C=O) groups excluding carboxylic acids is 1. The minimum absolute atomic E-state index is 0.00685. The van der Waals surface area contributed by atoms with Crippen LogP contribution in [0.15, 0.2) is 47.1 Å². The third-order valence-electron chi connectivity index (χ3n) is 6.19. The number of thioether (sulfide) groups is 1. The molecule has 1 unspecified atom stereocenters. The summed E-state index contributed by atoms with van der Waals surface area (Å²) in [6.07, 6.45) is -0.170. The van der Waals surface area contributed by atoms with Crippen molar-refractivity contribution in [3.8, 4) is 0 Å². The predicted octanol–water partition coefficient (Wildman–Crippen LogP) is 7.96. The van der Waals surface area contributed by atoms with Gasteiger partial charge >= 0.3 is 6.18 Å². The van der Waals surface area contributed by atoms with Crippen molar-refractivity contribution in [2.24, 2.45) is 5.92 Å². The van der Waals surface area contributed by atoms with Gasteiger partial charge in [-0.1, -0.05) is 31.5 Å². The highest BCUT2D eigenvalue weighted by Crippen LogP contribution is 2.38. The van der Waals surface area contributed by atoms with Crippen LogP contribution in [-0.2, 0) is 23.8 Å². The van der Waals surface area contributed by atoms with Crippen LogP contribution in [-0.4, -0.2) is 16.6 Å². The molecule has 1 N–H and O–H groups in total. The Bertz CT molecular complexity index is 998. The lowest BCUT2D eigenvalue weighted by Crippen LogP contribution is -2.20. The number of carbonyl (C=O) groups is 1. The van der Waals surface area contributed by atoms with E-state index in [1.54, 1.807) is 0 Å². The Labute approximate surface area is 198 Å². The van der Waals surface area contributed by atoms with E-state index in [1.807, 2.05) is 0 Å². The van der Waals surface area contributed by atoms with Crippen LogP contribution in [0.4, 0.5) is 13.2 Å². The zero-order chi connectivity index (χ0) is 24.2. The molecule has 0 heterocycles. The molecule has 3 rings (SSSR count). The number of hydrogen-bond donors (Lipinski definition) is 1. The molecule has 1 aliphatic carbocycles. The molecule has 2 aromatic rings. The van der Waals surface area contributed by atoms with Gasteiger partial charge in [0.2, 0.25) is 0 Å². The van der Waals surface area contributed by atoms with Crippen LogP contribution in [0.1, 0.15) is 67.3 Å². The molecule has 33 heavy (non-hydrogen) atoms. The molecule has 178 valence electrons. The highest BCUT2D eigenvalue weighted by atomic mass is 32.2. The molecule has 0 aromatic heterocycles. The number of aliphatic hydroxyl groups is 1. The van der Waals surface area contributed by atoms with E-state index in [-0.39, 0.29) is 17.5 Å². The molecule has 0 radical (unpaired) electrons. The van der Waals surface area contributed by atoms with Crippen molar-refractivity contribution in [2.45, 2.75) is 70.4 Å². The van der Waals surface area contributed by atoms with Gasteiger partial charge in [0.1, 0.15) is 5.76 Å². The van der Waals surface area contributed by atoms with Gasteiger partial charge in [0.05, 0.1) is 11.1 Å². The standard InChI is InChI=1S/C27H31F3O2S/c1-4-19-13-17(3)14-20(5-2)25(19)26-23(31)15-18(16-24(26)32)7-6-12-33-22-10-8-21(9-11-22)27(28,29)30/h8-11,13-14,18,31H,4-7,12,15-16H2,1-3H3. The van der Waals surface area contributed by atoms with Crippen LogP contribution in [0.2, 0.25) is 0 Å². The zero-order valence-corrected chi connectivity index (χ0v) is 20.2. The highest BCUT2D eigenvalue weighted by molar-refractivity contribution is 7.99. The van der Waals surface area contributed by atoms with Gasteiger partial charge in [0.15, 0.2) is 5.78 Å². The smallest absolute Gasteiger partial charge is 0.416 e. The van der Waals surface area contributed by atoms with Crippen molar-refractivity contribution in [2.75, 3.05) is 5.75 Å². The van der Waals surface area contributed by atoms with Crippen molar-refractivity contribution >= 4 is 23.1 Å². The molecule has 0 fully saturated rings. The number of rotatable bonds is 8. The molecule has 0 amide bonds. The predicted molar refractivity (Wildman–Crippen MR) is 129 cm³/mol. The van der Waals surface area contributed by atoms with E-state index in [0.717, 1.165) is 65.2 Å². The van der Waals surface area contributed by atoms with E-state index in [0.29, 0.717) is 18.4 Å². The fraction of sp³-hybridized carbons (Fsp3) is 0.444. The van der Waals surface area contributed by atoms with Gasteiger partial charge < -0.3 is 5.11 Å². The molecule has 0 saturated heterocycles. The fourth-order valence-electron chi connectivity index (χ4n) is 4.58. The van der Waals surface area contributed by atoms with E-state index in [2.05, 4.69) is 32.9 Å². The number of aryl methyl sites for hydroxylation is 3. The molecular weight excluding hydrogens is 445 g/mol. The molecule has 1 atom stereocenters. The minimum Gasteiger partial charge on any atom is -0.512 e. The summed E-state index contributed by atoms with van der Waals surface area (Å²) in [5, 5.41) is 10.9. The lowest BCUT2D eigenvalue weighted by molar-refractivity contribution is -0.137. The van der Waals surface area contributed by atoms with Crippen molar-refractivity contribution in [3.63, 3.8) is 0 Å². The molecule has 6 heteroatoms. The highest BCUT2D eigenvalue weighted by Gasteiger charge is 2.31. The summed E-state index contributed by atoms with van der Waals surface area (Å²) < 4.78 is 38.0. The number of alkyl halides is 3. The largest absolute Gasteiger partial charge is 0.512 e. The van der Waals surface area contributed by atoms with Crippen molar-refractivity contribution in [3.05, 3.63) is 70.0 Å². The maximum Gasteiger partial charge on any atom is 0.416 e. The molecule has 1 aliphatic rings. The second-order valence-electron chi connectivity index (χ2n) is 8.70. The Kier molecular flexibility index (Phi) is 8.33. The summed E-state index contributed by atoms with van der Waals surface area (Å²) in [6, 6.07) is 9.41. The van der Waals surface area contributed by atoms with Gasteiger partial charge in [-0.05, 0) is 85.2 Å². The number of aliphatic hydroxyl groups excluding tert-OH is 1. The quantitative estimate of drug-likeness (QED) is 0.310. The van der Waals surface area contributed by atoms with Crippen LogP contribution >= 0.6 is 11.8 Å². The molecule has 2 nitrogen and oxygen atoms in total. The van der Waals surface area contributed by atoms with Gasteiger partial charge in [-0.3, -0.25) is 4.79 Å². The van der Waals surface area contributed by atoms with Gasteiger partial charge in [-0.2, -0.15) is 13.2 Å². The van der Waals surface area contributed by atoms with Crippen LogP contribution in [0, 0.1) is 12.8 Å². The summed E-state index contributed by atoms with van der Waals surface area (Å²) >= 11 is 1.51. The van der Waals surface area contributed by atoms with Gasteiger partial charge in [-0.25, -0.2) is 0 Å². The first kappa shape index (κ1) is 25.4. The Morgan fingerprint density at radius 2 is 1.64 bits per heavy atom. The minimum atomic E-state index is -4.32. The average molecular weight is 477 g/mol. The number of Topliss-reactive ketones (excluding diaryl/α,β-unsaturated/α-hetero) is 1. The fourth-order valence-corrected chi connectivity index (χ4v) is 5.46. The topological polar surface area (TPSA) is 37.3 Å². The Morgan fingerprint density at radius 1 is 1.03 bits per heavy atom. The molecule has 0 spiro atoms. The van der Waals surface area contributed by atoms with Gasteiger partial charge in [0, 0.05) is 17.7 Å². The summed E-state index contributed by atoms with van der Waals surface area (Å²) in [6.45, 7) is 6.19. The van der Waals surface area contributed by atoms with Crippen LogP contribution < -0.4 is 0 Å². The summed E-state index contributed by atoms with van der Waals surface area (Å²) in [4.78, 5) is 13.9. The van der Waals surface area contributed by atoms with Gasteiger partial charge in [0.25, 0.3) is 0 Å². The second-order valence-corrected chi connectivity index (χ2v) is 9.87. The number of halogens is 3. The lowest BCUT2D eigenvalue weighted by Gasteiger charge is -2.26. The van der Waals surface area contributed by atoms with Crippen molar-refractivity contribution in [1.82, 2.24) is 0 Å². The normalized spacial score (nSPS) is 17.0. The maximum absolute atomic E-state index is 13.1. The first-order valence-electron chi connectivity index (χ1n) is 11.5. The third-order valence-corrected chi connectivity index (χ3v) is 7.29. The van der Waals surface area contributed by atoms with E-state index in [9.17, 15) is 23.1 Å². The van der Waals surface area contributed by atoms with E-state index in [4.69, 9.17) is 0 Å². The monoisotopic (exact) mass is 476 g/mol. The van der Waals surface area contributed by atoms with Crippen LogP contribution in [0.25, 0.3) is 5.57 Å². The zero-order valence-electron chi connectivity index (χ0n) is 19.4. The van der Waals surface area contributed by atoms with Crippen molar-refractivity contribution < 1.29 is 23.1 Å². The van der Waals surface area contributed by atoms with Crippen LogP contribution in [0.3, 0.4) is 0 Å². The number of ketones is 1. The van der Waals surface area contributed by atoms with E-state index < -0.39 is 11.7 Å². The summed E-state index contributed by atoms with van der Waals surface area (Å²) in [7, 11) is 0.